The van der Waals surface area contributed by atoms with Crippen molar-refractivity contribution in [2.45, 2.75) is 37.0 Å². The van der Waals surface area contributed by atoms with Gasteiger partial charge in [0.05, 0.1) is 6.61 Å². The highest BCUT2D eigenvalue weighted by molar-refractivity contribution is 7.99. The molecule has 0 aliphatic carbocycles. The molecular weight excluding hydrogens is 236 g/mol. The monoisotopic (exact) mass is 254 g/mol. The lowest BCUT2D eigenvalue weighted by Crippen LogP contribution is -2.15. The molecular formula is C13H18O3S. The van der Waals surface area contributed by atoms with E-state index in [1.165, 1.54) is 0 Å². The molecule has 0 aromatic heterocycles. The first-order chi connectivity index (χ1) is 8.04. The highest BCUT2D eigenvalue weighted by Crippen LogP contribution is 2.24. The van der Waals surface area contributed by atoms with Crippen LogP contribution >= 0.6 is 11.8 Å². The summed E-state index contributed by atoms with van der Waals surface area (Å²) in [6.07, 6.45) is -1.19. The van der Waals surface area contributed by atoms with Gasteiger partial charge < -0.3 is 9.84 Å². The maximum atomic E-state index is 11.3. The van der Waals surface area contributed by atoms with Gasteiger partial charge in [-0.25, -0.2) is 4.79 Å². The summed E-state index contributed by atoms with van der Waals surface area (Å²) in [6, 6.07) is 7.32. The van der Waals surface area contributed by atoms with Crippen LogP contribution in [0, 0.1) is 0 Å². The van der Waals surface area contributed by atoms with Crippen LogP contribution in [-0.4, -0.2) is 22.9 Å². The van der Waals surface area contributed by atoms with Gasteiger partial charge in [-0.2, -0.15) is 0 Å². The fraction of sp³-hybridized carbons (Fsp3) is 0.462. The predicted octanol–water partition coefficient (Wildman–Crippen LogP) is 2.78. The van der Waals surface area contributed by atoms with Crippen molar-refractivity contribution in [3.8, 4) is 0 Å². The Kier molecular flexibility index (Phi) is 5.51. The lowest BCUT2D eigenvalue weighted by atomic mass is 10.1. The Labute approximate surface area is 106 Å². The van der Waals surface area contributed by atoms with Crippen molar-refractivity contribution in [3.63, 3.8) is 0 Å². The van der Waals surface area contributed by atoms with E-state index >= 15 is 0 Å². The van der Waals surface area contributed by atoms with Crippen molar-refractivity contribution in [1.29, 1.82) is 0 Å². The third kappa shape index (κ3) is 4.40. The SMILES string of the molecule is CCOC(=O)C(O)c1ccc(SC(C)C)cc1. The average molecular weight is 254 g/mol. The van der Waals surface area contributed by atoms with Crippen molar-refractivity contribution >= 4 is 17.7 Å². The van der Waals surface area contributed by atoms with Gasteiger partial charge in [-0.15, -0.1) is 11.8 Å². The fourth-order valence-corrected chi connectivity index (χ4v) is 2.20. The van der Waals surface area contributed by atoms with Crippen molar-refractivity contribution in [1.82, 2.24) is 0 Å². The molecule has 1 unspecified atom stereocenters. The third-order valence-electron chi connectivity index (χ3n) is 2.08. The van der Waals surface area contributed by atoms with Crippen molar-refractivity contribution < 1.29 is 14.6 Å². The second-order valence-corrected chi connectivity index (χ2v) is 5.54. The highest BCUT2D eigenvalue weighted by Gasteiger charge is 2.18. The zero-order valence-electron chi connectivity index (χ0n) is 10.3. The van der Waals surface area contributed by atoms with Crippen LogP contribution in [0.4, 0.5) is 0 Å². The van der Waals surface area contributed by atoms with Gasteiger partial charge in [0.15, 0.2) is 6.10 Å². The molecule has 0 aliphatic heterocycles. The summed E-state index contributed by atoms with van der Waals surface area (Å²) in [4.78, 5) is 12.5. The lowest BCUT2D eigenvalue weighted by Gasteiger charge is -2.11. The number of carbonyl (C=O) groups is 1. The minimum Gasteiger partial charge on any atom is -0.464 e. The first kappa shape index (κ1) is 14.1. The van der Waals surface area contributed by atoms with E-state index in [-0.39, 0.29) is 6.61 Å². The van der Waals surface area contributed by atoms with Gasteiger partial charge in [-0.05, 0) is 24.6 Å². The number of thioether (sulfide) groups is 1. The molecule has 4 heteroatoms. The normalized spacial score (nSPS) is 12.5. The number of aliphatic hydroxyl groups excluding tert-OH is 1. The molecule has 17 heavy (non-hydrogen) atoms. The van der Waals surface area contributed by atoms with Crippen molar-refractivity contribution in [2.75, 3.05) is 6.61 Å². The quantitative estimate of drug-likeness (QED) is 0.648. The van der Waals surface area contributed by atoms with Crippen molar-refractivity contribution in [3.05, 3.63) is 29.8 Å². The van der Waals surface area contributed by atoms with Crippen LogP contribution in [0.25, 0.3) is 0 Å². The van der Waals surface area contributed by atoms with E-state index in [1.54, 1.807) is 30.8 Å². The van der Waals surface area contributed by atoms with E-state index in [0.717, 1.165) is 4.90 Å². The Morgan fingerprint density at radius 2 is 1.94 bits per heavy atom. The van der Waals surface area contributed by atoms with Gasteiger partial charge in [0, 0.05) is 10.1 Å². The number of hydrogen-bond donors (Lipinski definition) is 1. The van der Waals surface area contributed by atoms with Crippen LogP contribution in [-0.2, 0) is 9.53 Å². The summed E-state index contributed by atoms with van der Waals surface area (Å²) in [7, 11) is 0. The van der Waals surface area contributed by atoms with E-state index < -0.39 is 12.1 Å². The average Bonchev–Trinajstić information content (AvgIpc) is 2.28. The van der Waals surface area contributed by atoms with Gasteiger partial charge in [0.25, 0.3) is 0 Å². The zero-order chi connectivity index (χ0) is 12.8. The number of aliphatic hydroxyl groups is 1. The Hall–Kier alpha value is -1.00. The zero-order valence-corrected chi connectivity index (χ0v) is 11.2. The van der Waals surface area contributed by atoms with Crippen LogP contribution in [0.2, 0.25) is 0 Å². The molecule has 0 heterocycles. The van der Waals surface area contributed by atoms with E-state index in [0.29, 0.717) is 10.8 Å². The number of carbonyl (C=O) groups excluding carboxylic acids is 1. The fourth-order valence-electron chi connectivity index (χ4n) is 1.36. The van der Waals surface area contributed by atoms with Crippen LogP contribution in [0.3, 0.4) is 0 Å². The van der Waals surface area contributed by atoms with Gasteiger partial charge in [0.1, 0.15) is 0 Å². The summed E-state index contributed by atoms with van der Waals surface area (Å²) in [6.45, 7) is 6.22. The summed E-state index contributed by atoms with van der Waals surface area (Å²) >= 11 is 1.74. The Morgan fingerprint density at radius 3 is 2.41 bits per heavy atom. The van der Waals surface area contributed by atoms with Gasteiger partial charge in [0.2, 0.25) is 0 Å². The maximum Gasteiger partial charge on any atom is 0.339 e. The van der Waals surface area contributed by atoms with E-state index in [1.807, 2.05) is 12.1 Å². The summed E-state index contributed by atoms with van der Waals surface area (Å²) in [5.74, 6) is -0.600. The Bertz CT molecular complexity index is 359. The van der Waals surface area contributed by atoms with E-state index in [4.69, 9.17) is 4.74 Å². The molecule has 1 N–H and O–H groups in total. The molecule has 0 amide bonds. The topological polar surface area (TPSA) is 46.5 Å². The van der Waals surface area contributed by atoms with Crippen LogP contribution < -0.4 is 0 Å². The Morgan fingerprint density at radius 1 is 1.35 bits per heavy atom. The first-order valence-electron chi connectivity index (χ1n) is 5.66. The largest absolute Gasteiger partial charge is 0.464 e. The molecule has 0 saturated carbocycles. The second-order valence-electron chi connectivity index (χ2n) is 3.89. The summed E-state index contributed by atoms with van der Waals surface area (Å²) < 4.78 is 4.76. The predicted molar refractivity (Wildman–Crippen MR) is 69.0 cm³/mol. The molecule has 1 atom stereocenters. The van der Waals surface area contributed by atoms with Gasteiger partial charge in [-0.1, -0.05) is 26.0 Å². The summed E-state index contributed by atoms with van der Waals surface area (Å²) in [5.41, 5.74) is 0.566. The second kappa shape index (κ2) is 6.67. The van der Waals surface area contributed by atoms with E-state index in [2.05, 4.69) is 13.8 Å². The summed E-state index contributed by atoms with van der Waals surface area (Å²) in [5, 5.41) is 10.2. The highest BCUT2D eigenvalue weighted by atomic mass is 32.2. The molecule has 0 fully saturated rings. The molecule has 3 nitrogen and oxygen atoms in total. The van der Waals surface area contributed by atoms with Gasteiger partial charge in [-0.3, -0.25) is 0 Å². The van der Waals surface area contributed by atoms with Crippen LogP contribution in [0.5, 0.6) is 0 Å². The molecule has 0 aliphatic rings. The molecule has 0 saturated heterocycles. The first-order valence-corrected chi connectivity index (χ1v) is 6.54. The molecule has 1 aromatic carbocycles. The smallest absolute Gasteiger partial charge is 0.339 e. The number of rotatable bonds is 5. The lowest BCUT2D eigenvalue weighted by molar-refractivity contribution is -0.153. The molecule has 1 rings (SSSR count). The van der Waals surface area contributed by atoms with Crippen LogP contribution in [0.15, 0.2) is 29.2 Å². The minimum absolute atomic E-state index is 0.275. The number of hydrogen-bond acceptors (Lipinski definition) is 4. The maximum absolute atomic E-state index is 11.3. The molecule has 0 radical (unpaired) electrons. The van der Waals surface area contributed by atoms with Crippen LogP contribution in [0.1, 0.15) is 32.4 Å². The van der Waals surface area contributed by atoms with Gasteiger partial charge >= 0.3 is 5.97 Å². The standard InChI is InChI=1S/C13H18O3S/c1-4-16-13(15)12(14)10-5-7-11(8-6-10)17-9(2)3/h5-9,12,14H,4H2,1-3H3. The number of ether oxygens (including phenoxy) is 1. The van der Waals surface area contributed by atoms with E-state index in [9.17, 15) is 9.90 Å². The molecule has 0 bridgehead atoms. The third-order valence-corrected chi connectivity index (χ3v) is 3.09. The number of benzene rings is 1. The molecule has 1 aromatic rings. The van der Waals surface area contributed by atoms with Crippen molar-refractivity contribution in [2.24, 2.45) is 0 Å². The Balaban J connectivity index is 2.70. The molecule has 0 spiro atoms. The minimum atomic E-state index is -1.19. The number of esters is 1. The molecule has 94 valence electrons.